The Morgan fingerprint density at radius 2 is 1.82 bits per heavy atom. The van der Waals surface area contributed by atoms with Crippen LogP contribution in [-0.4, -0.2) is 31.5 Å². The number of benzene rings is 1. The van der Waals surface area contributed by atoms with Gasteiger partial charge in [0.2, 0.25) is 0 Å². The van der Waals surface area contributed by atoms with Crippen molar-refractivity contribution >= 4 is 0 Å². The Balaban J connectivity index is 2.39. The first-order chi connectivity index (χ1) is 7.99. The summed E-state index contributed by atoms with van der Waals surface area (Å²) in [5.74, 6) is 0. The van der Waals surface area contributed by atoms with Gasteiger partial charge in [0.15, 0.2) is 0 Å². The summed E-state index contributed by atoms with van der Waals surface area (Å²) in [6.45, 7) is 2.41. The third-order valence-corrected chi connectivity index (χ3v) is 2.78. The van der Waals surface area contributed by atoms with Crippen molar-refractivity contribution in [2.24, 2.45) is 5.73 Å². The molecule has 1 aromatic rings. The van der Waals surface area contributed by atoms with Crippen molar-refractivity contribution in [1.29, 1.82) is 0 Å². The van der Waals surface area contributed by atoms with Crippen LogP contribution in [0.25, 0.3) is 0 Å². The van der Waals surface area contributed by atoms with E-state index in [9.17, 15) is 8.78 Å². The number of rotatable bonds is 6. The lowest BCUT2D eigenvalue weighted by Gasteiger charge is -2.19. The predicted molar refractivity (Wildman–Crippen MR) is 66.2 cm³/mol. The van der Waals surface area contributed by atoms with Crippen LogP contribution in [0.3, 0.4) is 0 Å². The zero-order valence-electron chi connectivity index (χ0n) is 10.4. The van der Waals surface area contributed by atoms with Crippen molar-refractivity contribution in [3.8, 4) is 0 Å². The number of nitrogens with zero attached hydrogens (tertiary/aromatic N) is 1. The first-order valence-corrected chi connectivity index (χ1v) is 5.78. The zero-order chi connectivity index (χ0) is 12.8. The van der Waals surface area contributed by atoms with Gasteiger partial charge >= 0.3 is 0 Å². The van der Waals surface area contributed by atoms with Gasteiger partial charge in [0.05, 0.1) is 6.54 Å². The Morgan fingerprint density at radius 3 is 2.35 bits per heavy atom. The molecule has 96 valence electrons. The Bertz CT molecular complexity index is 325. The van der Waals surface area contributed by atoms with E-state index in [2.05, 4.69) is 0 Å². The van der Waals surface area contributed by atoms with Crippen LogP contribution in [-0.2, 0) is 0 Å². The molecule has 1 atom stereocenters. The number of hydrogen-bond donors (Lipinski definition) is 1. The third-order valence-electron chi connectivity index (χ3n) is 2.78. The molecule has 4 heteroatoms. The van der Waals surface area contributed by atoms with Crippen LogP contribution < -0.4 is 5.73 Å². The molecular formula is C13H20F2N2. The van der Waals surface area contributed by atoms with E-state index in [0.29, 0.717) is 13.0 Å². The minimum Gasteiger partial charge on any atom is -0.324 e. The van der Waals surface area contributed by atoms with E-state index < -0.39 is 6.43 Å². The van der Waals surface area contributed by atoms with Gasteiger partial charge in [-0.1, -0.05) is 29.8 Å². The van der Waals surface area contributed by atoms with Gasteiger partial charge in [-0.15, -0.1) is 0 Å². The molecule has 1 unspecified atom stereocenters. The zero-order valence-corrected chi connectivity index (χ0v) is 10.4. The summed E-state index contributed by atoms with van der Waals surface area (Å²) in [7, 11) is 1.69. The van der Waals surface area contributed by atoms with Crippen molar-refractivity contribution in [1.82, 2.24) is 4.90 Å². The number of alkyl halides is 2. The van der Waals surface area contributed by atoms with Crippen LogP contribution in [0, 0.1) is 6.92 Å². The van der Waals surface area contributed by atoms with Crippen LogP contribution in [0.1, 0.15) is 23.6 Å². The average Bonchev–Trinajstić information content (AvgIpc) is 2.26. The van der Waals surface area contributed by atoms with Gasteiger partial charge in [-0.2, -0.15) is 0 Å². The van der Waals surface area contributed by atoms with E-state index in [0.717, 1.165) is 5.56 Å². The maximum atomic E-state index is 12.1. The third kappa shape index (κ3) is 5.24. The minimum atomic E-state index is -2.28. The Labute approximate surface area is 101 Å². The lowest BCUT2D eigenvalue weighted by Crippen LogP contribution is -2.28. The van der Waals surface area contributed by atoms with Crippen molar-refractivity contribution in [3.63, 3.8) is 0 Å². The number of hydrogen-bond acceptors (Lipinski definition) is 2. The van der Waals surface area contributed by atoms with E-state index in [1.165, 1.54) is 5.56 Å². The number of halogens is 2. The summed E-state index contributed by atoms with van der Waals surface area (Å²) in [5.41, 5.74) is 8.26. The van der Waals surface area contributed by atoms with Crippen molar-refractivity contribution in [2.45, 2.75) is 25.8 Å². The molecule has 0 heterocycles. The lowest BCUT2D eigenvalue weighted by molar-refractivity contribution is 0.0990. The summed E-state index contributed by atoms with van der Waals surface area (Å²) < 4.78 is 24.2. The molecule has 0 bridgehead atoms. The van der Waals surface area contributed by atoms with Gasteiger partial charge in [0.1, 0.15) is 0 Å². The molecule has 0 saturated heterocycles. The standard InChI is InChI=1S/C13H20F2N2/c1-10-3-5-11(6-4-10)12(16)7-8-17(2)9-13(14)15/h3-6,12-13H,7-9,16H2,1-2H3. The molecule has 0 aromatic heterocycles. The maximum Gasteiger partial charge on any atom is 0.251 e. The molecule has 2 N–H and O–H groups in total. The second-order valence-corrected chi connectivity index (χ2v) is 4.46. The van der Waals surface area contributed by atoms with Crippen LogP contribution in [0.2, 0.25) is 0 Å². The molecule has 0 spiro atoms. The Hall–Kier alpha value is -1.00. The molecular weight excluding hydrogens is 222 g/mol. The van der Waals surface area contributed by atoms with Crippen LogP contribution in [0.5, 0.6) is 0 Å². The molecule has 17 heavy (non-hydrogen) atoms. The molecule has 0 fully saturated rings. The molecule has 2 nitrogen and oxygen atoms in total. The molecule has 0 aliphatic rings. The molecule has 0 aliphatic carbocycles. The van der Waals surface area contributed by atoms with E-state index in [1.807, 2.05) is 31.2 Å². The van der Waals surface area contributed by atoms with E-state index >= 15 is 0 Å². The molecule has 0 aliphatic heterocycles. The Morgan fingerprint density at radius 1 is 1.24 bits per heavy atom. The normalized spacial score (nSPS) is 13.4. The fourth-order valence-corrected chi connectivity index (χ4v) is 1.67. The summed E-state index contributed by atoms with van der Waals surface area (Å²) in [6.07, 6.45) is -1.60. The van der Waals surface area contributed by atoms with Gasteiger partial charge < -0.3 is 10.6 Å². The predicted octanol–water partition coefficient (Wildman–Crippen LogP) is 2.58. The van der Waals surface area contributed by atoms with E-state index in [-0.39, 0.29) is 12.6 Å². The highest BCUT2D eigenvalue weighted by Gasteiger charge is 2.10. The van der Waals surface area contributed by atoms with Crippen LogP contribution >= 0.6 is 0 Å². The largest absolute Gasteiger partial charge is 0.324 e. The van der Waals surface area contributed by atoms with Gasteiger partial charge in [-0.3, -0.25) is 0 Å². The SMILES string of the molecule is Cc1ccc(C(N)CCN(C)CC(F)F)cc1. The van der Waals surface area contributed by atoms with Gasteiger partial charge in [0, 0.05) is 6.04 Å². The second kappa shape index (κ2) is 6.67. The first kappa shape index (κ1) is 14.1. The van der Waals surface area contributed by atoms with E-state index in [4.69, 9.17) is 5.73 Å². The smallest absolute Gasteiger partial charge is 0.251 e. The number of aryl methyl sites for hydroxylation is 1. The topological polar surface area (TPSA) is 29.3 Å². The average molecular weight is 242 g/mol. The highest BCUT2D eigenvalue weighted by molar-refractivity contribution is 5.23. The molecule has 0 amide bonds. The van der Waals surface area contributed by atoms with Crippen molar-refractivity contribution < 1.29 is 8.78 Å². The van der Waals surface area contributed by atoms with Gasteiger partial charge in [-0.05, 0) is 32.5 Å². The second-order valence-electron chi connectivity index (χ2n) is 4.46. The quantitative estimate of drug-likeness (QED) is 0.830. The van der Waals surface area contributed by atoms with Crippen molar-refractivity contribution in [2.75, 3.05) is 20.1 Å². The van der Waals surface area contributed by atoms with Gasteiger partial charge in [-0.25, -0.2) is 8.78 Å². The fourth-order valence-electron chi connectivity index (χ4n) is 1.67. The minimum absolute atomic E-state index is 0.0873. The van der Waals surface area contributed by atoms with Crippen LogP contribution in [0.4, 0.5) is 8.78 Å². The van der Waals surface area contributed by atoms with Crippen LogP contribution in [0.15, 0.2) is 24.3 Å². The number of nitrogens with two attached hydrogens (primary N) is 1. The lowest BCUT2D eigenvalue weighted by atomic mass is 10.0. The monoisotopic (exact) mass is 242 g/mol. The molecule has 1 aromatic carbocycles. The highest BCUT2D eigenvalue weighted by atomic mass is 19.3. The molecule has 0 radical (unpaired) electrons. The maximum absolute atomic E-state index is 12.1. The van der Waals surface area contributed by atoms with Gasteiger partial charge in [0.25, 0.3) is 6.43 Å². The summed E-state index contributed by atoms with van der Waals surface area (Å²) in [4.78, 5) is 1.61. The molecule has 0 saturated carbocycles. The summed E-state index contributed by atoms with van der Waals surface area (Å²) >= 11 is 0. The first-order valence-electron chi connectivity index (χ1n) is 5.78. The van der Waals surface area contributed by atoms with Crippen molar-refractivity contribution in [3.05, 3.63) is 35.4 Å². The highest BCUT2D eigenvalue weighted by Crippen LogP contribution is 2.15. The Kier molecular flexibility index (Phi) is 5.51. The molecule has 1 rings (SSSR count). The fraction of sp³-hybridized carbons (Fsp3) is 0.538. The summed E-state index contributed by atoms with van der Waals surface area (Å²) in [5, 5.41) is 0. The van der Waals surface area contributed by atoms with E-state index in [1.54, 1.807) is 11.9 Å². The summed E-state index contributed by atoms with van der Waals surface area (Å²) in [6, 6.07) is 7.92.